The highest BCUT2D eigenvalue weighted by Crippen LogP contribution is 2.38. The molecule has 0 aromatic heterocycles. The van der Waals surface area contributed by atoms with Gasteiger partial charge in [-0.15, -0.1) is 0 Å². The second kappa shape index (κ2) is 7.96. The van der Waals surface area contributed by atoms with E-state index in [1.165, 1.54) is 6.92 Å². The van der Waals surface area contributed by atoms with Crippen molar-refractivity contribution in [2.45, 2.75) is 39.2 Å². The monoisotopic (exact) mass is 385 g/mol. The summed E-state index contributed by atoms with van der Waals surface area (Å²) in [6.07, 6.45) is -10.0. The van der Waals surface area contributed by atoms with Gasteiger partial charge in [-0.25, -0.2) is 0 Å². The average molecular weight is 385 g/mol. The molecule has 0 bridgehead atoms. The highest BCUT2D eigenvalue weighted by molar-refractivity contribution is 5.88. The van der Waals surface area contributed by atoms with Crippen molar-refractivity contribution >= 4 is 11.7 Å². The second-order valence-electron chi connectivity index (χ2n) is 5.93. The third-order valence-corrected chi connectivity index (χ3v) is 3.35. The van der Waals surface area contributed by atoms with E-state index in [0.717, 1.165) is 0 Å². The van der Waals surface area contributed by atoms with Gasteiger partial charge in [-0.1, -0.05) is 13.8 Å². The lowest BCUT2D eigenvalue weighted by atomic mass is 10.0. The highest BCUT2D eigenvalue weighted by atomic mass is 19.4. The molecule has 0 spiro atoms. The number of carbonyl (C=O) groups is 2. The van der Waals surface area contributed by atoms with Crippen LogP contribution in [0.1, 0.15) is 31.9 Å². The van der Waals surface area contributed by atoms with Crippen LogP contribution in [-0.4, -0.2) is 24.3 Å². The van der Waals surface area contributed by atoms with Crippen LogP contribution in [0.25, 0.3) is 0 Å². The van der Waals surface area contributed by atoms with Crippen LogP contribution in [0.3, 0.4) is 0 Å². The number of ketones is 1. The molecule has 1 aromatic rings. The first-order chi connectivity index (χ1) is 11.7. The van der Waals surface area contributed by atoms with E-state index in [2.05, 4.69) is 5.32 Å². The van der Waals surface area contributed by atoms with Crippen LogP contribution >= 0.6 is 0 Å². The average Bonchev–Trinajstić information content (AvgIpc) is 2.48. The second-order valence-corrected chi connectivity index (χ2v) is 5.93. The van der Waals surface area contributed by atoms with E-state index in [1.54, 1.807) is 13.8 Å². The van der Waals surface area contributed by atoms with Crippen molar-refractivity contribution in [2.24, 2.45) is 5.92 Å². The maximum atomic E-state index is 12.7. The van der Waals surface area contributed by atoms with Gasteiger partial charge in [0.25, 0.3) is 5.91 Å². The summed E-state index contributed by atoms with van der Waals surface area (Å²) in [6, 6.07) is -0.142. The number of hydrogen-bond donors (Lipinski definition) is 1. The number of nitrogens with one attached hydrogen (secondary N) is 1. The van der Waals surface area contributed by atoms with Crippen molar-refractivity contribution in [1.29, 1.82) is 0 Å². The summed E-state index contributed by atoms with van der Waals surface area (Å²) in [5.41, 5.74) is -3.10. The number of carbonyl (C=O) groups excluding carboxylic acids is 2. The molecule has 26 heavy (non-hydrogen) atoms. The standard InChI is InChI=1S/C16H17F6NO3/c1-8(2)14(9(3)24)23-13(25)7-26-12-5-10(15(17,18)19)4-11(6-12)16(20,21)22/h4-6,8,14H,7H2,1-3H3,(H,23,25). The highest BCUT2D eigenvalue weighted by Gasteiger charge is 2.37. The van der Waals surface area contributed by atoms with Gasteiger partial charge in [0, 0.05) is 0 Å². The minimum Gasteiger partial charge on any atom is -0.484 e. The smallest absolute Gasteiger partial charge is 0.416 e. The zero-order valence-corrected chi connectivity index (χ0v) is 14.1. The van der Waals surface area contributed by atoms with Crippen molar-refractivity contribution in [1.82, 2.24) is 5.32 Å². The van der Waals surface area contributed by atoms with Crippen molar-refractivity contribution in [3.8, 4) is 5.75 Å². The summed E-state index contributed by atoms with van der Waals surface area (Å²) < 4.78 is 81.2. The number of amides is 1. The van der Waals surface area contributed by atoms with Crippen LogP contribution in [-0.2, 0) is 21.9 Å². The predicted octanol–water partition coefficient (Wildman–Crippen LogP) is 3.83. The topological polar surface area (TPSA) is 55.4 Å². The van der Waals surface area contributed by atoms with Crippen molar-refractivity contribution in [3.63, 3.8) is 0 Å². The molecule has 0 saturated heterocycles. The van der Waals surface area contributed by atoms with Gasteiger partial charge in [0.1, 0.15) is 5.75 Å². The van der Waals surface area contributed by atoms with E-state index >= 15 is 0 Å². The molecule has 10 heteroatoms. The Morgan fingerprint density at radius 1 is 1.00 bits per heavy atom. The fourth-order valence-electron chi connectivity index (χ4n) is 2.11. The normalized spacial score (nSPS) is 13.5. The van der Waals surface area contributed by atoms with Gasteiger partial charge >= 0.3 is 12.4 Å². The summed E-state index contributed by atoms with van der Waals surface area (Å²) in [4.78, 5) is 23.2. The Bertz CT molecular complexity index is 635. The molecule has 0 heterocycles. The number of rotatable bonds is 6. The summed E-state index contributed by atoms with van der Waals surface area (Å²) in [5, 5.41) is 2.32. The maximum absolute atomic E-state index is 12.7. The predicted molar refractivity (Wildman–Crippen MR) is 79.4 cm³/mol. The first kappa shape index (κ1) is 21.8. The molecule has 4 nitrogen and oxygen atoms in total. The lowest BCUT2D eigenvalue weighted by molar-refractivity contribution is -0.143. The Hall–Kier alpha value is -2.26. The van der Waals surface area contributed by atoms with Crippen LogP contribution in [0.2, 0.25) is 0 Å². The third kappa shape index (κ3) is 6.23. The molecule has 0 radical (unpaired) electrons. The van der Waals surface area contributed by atoms with E-state index < -0.39 is 47.8 Å². The minimum atomic E-state index is -5.01. The summed E-state index contributed by atoms with van der Waals surface area (Å²) in [7, 11) is 0. The molecule has 0 saturated carbocycles. The fraction of sp³-hybridized carbons (Fsp3) is 0.500. The maximum Gasteiger partial charge on any atom is 0.416 e. The summed E-state index contributed by atoms with van der Waals surface area (Å²) in [6.45, 7) is 3.73. The van der Waals surface area contributed by atoms with Gasteiger partial charge in [-0.3, -0.25) is 9.59 Å². The molecule has 1 atom stereocenters. The largest absolute Gasteiger partial charge is 0.484 e. The minimum absolute atomic E-state index is 0.0442. The van der Waals surface area contributed by atoms with Crippen LogP contribution in [0.5, 0.6) is 5.75 Å². The van der Waals surface area contributed by atoms with Crippen LogP contribution in [0, 0.1) is 5.92 Å². The van der Waals surface area contributed by atoms with Crippen LogP contribution in [0.15, 0.2) is 18.2 Å². The van der Waals surface area contributed by atoms with Crippen molar-refractivity contribution in [3.05, 3.63) is 29.3 Å². The molecule has 1 N–H and O–H groups in total. The lowest BCUT2D eigenvalue weighted by Crippen LogP contribution is -2.45. The Kier molecular flexibility index (Phi) is 6.67. The van der Waals surface area contributed by atoms with E-state index in [9.17, 15) is 35.9 Å². The third-order valence-electron chi connectivity index (χ3n) is 3.35. The van der Waals surface area contributed by atoms with E-state index in [4.69, 9.17) is 4.74 Å². The SMILES string of the molecule is CC(=O)C(NC(=O)COc1cc(C(F)(F)F)cc(C(F)(F)F)c1)C(C)C. The van der Waals surface area contributed by atoms with Gasteiger partial charge in [0.15, 0.2) is 12.4 Å². The zero-order chi connectivity index (χ0) is 20.3. The number of alkyl halides is 6. The molecule has 0 aliphatic carbocycles. The lowest BCUT2D eigenvalue weighted by Gasteiger charge is -2.20. The number of Topliss-reactive ketones (excluding diaryl/α,β-unsaturated/α-hetero) is 1. The van der Waals surface area contributed by atoms with Gasteiger partial charge in [-0.05, 0) is 31.0 Å². The molecule has 0 aliphatic rings. The van der Waals surface area contributed by atoms with E-state index in [1.807, 2.05) is 0 Å². The van der Waals surface area contributed by atoms with Crippen LogP contribution in [0.4, 0.5) is 26.3 Å². The number of benzene rings is 1. The number of halogens is 6. The van der Waals surface area contributed by atoms with Gasteiger partial charge < -0.3 is 10.1 Å². The van der Waals surface area contributed by atoms with Gasteiger partial charge in [0.2, 0.25) is 0 Å². The Morgan fingerprint density at radius 3 is 1.81 bits per heavy atom. The number of ether oxygens (including phenoxy) is 1. The molecule has 1 aromatic carbocycles. The van der Waals surface area contributed by atoms with Crippen molar-refractivity contribution in [2.75, 3.05) is 6.61 Å². The van der Waals surface area contributed by atoms with E-state index in [0.29, 0.717) is 12.1 Å². The first-order valence-corrected chi connectivity index (χ1v) is 7.44. The molecule has 0 fully saturated rings. The Labute approximate surface area is 145 Å². The van der Waals surface area contributed by atoms with E-state index in [-0.39, 0.29) is 17.8 Å². The zero-order valence-electron chi connectivity index (χ0n) is 14.1. The van der Waals surface area contributed by atoms with Gasteiger partial charge in [-0.2, -0.15) is 26.3 Å². The summed E-state index contributed by atoms with van der Waals surface area (Å²) in [5.74, 6) is -2.19. The summed E-state index contributed by atoms with van der Waals surface area (Å²) >= 11 is 0. The van der Waals surface area contributed by atoms with Crippen LogP contribution < -0.4 is 10.1 Å². The first-order valence-electron chi connectivity index (χ1n) is 7.44. The Morgan fingerprint density at radius 2 is 1.46 bits per heavy atom. The van der Waals surface area contributed by atoms with Crippen molar-refractivity contribution < 1.29 is 40.7 Å². The number of hydrogen-bond acceptors (Lipinski definition) is 3. The molecule has 1 rings (SSSR count). The molecular formula is C16H17F6NO3. The molecule has 1 unspecified atom stereocenters. The molecule has 1 amide bonds. The molecule has 146 valence electrons. The quantitative estimate of drug-likeness (QED) is 0.758. The molecular weight excluding hydrogens is 368 g/mol. The molecule has 0 aliphatic heterocycles. The fourth-order valence-corrected chi connectivity index (χ4v) is 2.11. The van der Waals surface area contributed by atoms with Gasteiger partial charge in [0.05, 0.1) is 17.2 Å². The Balaban J connectivity index is 2.96.